The van der Waals surface area contributed by atoms with Gasteiger partial charge in [0, 0.05) is 49.8 Å². The largest absolute Gasteiger partial charge is 0.545 e. The van der Waals surface area contributed by atoms with Crippen molar-refractivity contribution in [2.75, 3.05) is 0 Å². The Balaban J connectivity index is -0.000000363. The van der Waals surface area contributed by atoms with Crippen molar-refractivity contribution in [3.63, 3.8) is 0 Å². The first-order chi connectivity index (χ1) is 14.9. The van der Waals surface area contributed by atoms with Crippen molar-refractivity contribution in [1.82, 2.24) is 9.97 Å². The van der Waals surface area contributed by atoms with E-state index in [1.165, 1.54) is 49.1 Å². The molecule has 5 N–H and O–H groups in total. The van der Waals surface area contributed by atoms with Crippen LogP contribution in [0.3, 0.4) is 0 Å². The number of carboxylic acids is 2. The van der Waals surface area contributed by atoms with E-state index in [2.05, 4.69) is 9.97 Å². The van der Waals surface area contributed by atoms with Crippen LogP contribution in [0.2, 0.25) is 0 Å². The minimum atomic E-state index is -1.17. The second kappa shape index (κ2) is 21.5. The third kappa shape index (κ3) is 25.8. The number of aromatic carboxylic acids is 2. The molecule has 2 rings (SSSR count). The van der Waals surface area contributed by atoms with E-state index in [1.54, 1.807) is 27.7 Å². The van der Waals surface area contributed by atoms with Crippen LogP contribution >= 0.6 is 0 Å². The molecule has 0 saturated heterocycles. The van der Waals surface area contributed by atoms with Gasteiger partial charge >= 0.3 is 5.97 Å². The van der Waals surface area contributed by atoms with E-state index < -0.39 is 11.9 Å². The van der Waals surface area contributed by atoms with Crippen LogP contribution in [-0.4, -0.2) is 71.9 Å². The van der Waals surface area contributed by atoms with Crippen molar-refractivity contribution in [1.29, 1.82) is 0 Å². The first-order valence-electron chi connectivity index (χ1n) is 9.83. The fourth-order valence-corrected chi connectivity index (χ4v) is 1.97. The van der Waals surface area contributed by atoms with Crippen molar-refractivity contribution in [2.45, 2.75) is 65.0 Å². The zero-order chi connectivity index (χ0) is 25.1. The van der Waals surface area contributed by atoms with Crippen molar-refractivity contribution in [2.24, 2.45) is 0 Å². The first kappa shape index (κ1) is 35.3. The van der Waals surface area contributed by atoms with E-state index >= 15 is 0 Å². The average Bonchev–Trinajstić information content (AvgIpc) is 2.68. The van der Waals surface area contributed by atoms with E-state index in [1.807, 2.05) is 0 Å². The fourth-order valence-electron chi connectivity index (χ4n) is 1.97. The van der Waals surface area contributed by atoms with Crippen molar-refractivity contribution in [3.8, 4) is 0 Å². The first-order valence-corrected chi connectivity index (χ1v) is 9.83. The number of aromatic nitrogens is 2. The Labute approximate surface area is 206 Å². The van der Waals surface area contributed by atoms with Crippen LogP contribution in [0.4, 0.5) is 0 Å². The molecule has 2 heterocycles. The summed E-state index contributed by atoms with van der Waals surface area (Å²) < 4.78 is 0. The van der Waals surface area contributed by atoms with Crippen LogP contribution in [0.25, 0.3) is 0 Å². The van der Waals surface area contributed by atoms with Gasteiger partial charge < -0.3 is 35.4 Å². The van der Waals surface area contributed by atoms with Crippen molar-refractivity contribution >= 4 is 11.9 Å². The minimum absolute atomic E-state index is 0. The molecule has 0 radical (unpaired) electrons. The molecule has 0 aliphatic heterocycles. The maximum absolute atomic E-state index is 10.2. The Hall–Kier alpha value is -2.30. The molecule has 0 aliphatic carbocycles. The van der Waals surface area contributed by atoms with Gasteiger partial charge in [0.1, 0.15) is 0 Å². The number of rotatable bonds is 6. The summed E-state index contributed by atoms with van der Waals surface area (Å²) in [6.07, 6.45) is 5.16. The Bertz CT molecular complexity index is 654. The molecule has 2 aromatic rings. The number of carbonyl (C=O) groups excluding carboxylic acids is 1. The quantitative estimate of drug-likeness (QED) is 0.315. The third-order valence-electron chi connectivity index (χ3n) is 3.21. The molecule has 10 nitrogen and oxygen atoms in total. The van der Waals surface area contributed by atoms with Gasteiger partial charge in [-0.3, -0.25) is 9.97 Å². The van der Waals surface area contributed by atoms with Crippen LogP contribution in [0.5, 0.6) is 0 Å². The number of aliphatic hydroxyl groups is 4. The summed E-state index contributed by atoms with van der Waals surface area (Å²) in [5, 5.41) is 52.7. The molecule has 0 fully saturated rings. The van der Waals surface area contributed by atoms with Crippen molar-refractivity contribution < 1.29 is 59.7 Å². The zero-order valence-electron chi connectivity index (χ0n) is 19.1. The van der Waals surface area contributed by atoms with Gasteiger partial charge in [-0.1, -0.05) is 0 Å². The van der Waals surface area contributed by atoms with Gasteiger partial charge in [0.05, 0.1) is 35.9 Å². The van der Waals surface area contributed by atoms with Gasteiger partial charge in [0.25, 0.3) is 0 Å². The second-order valence-electron chi connectivity index (χ2n) is 6.93. The Morgan fingerprint density at radius 3 is 1.12 bits per heavy atom. The fraction of sp³-hybridized carbons (Fsp3) is 0.455. The van der Waals surface area contributed by atoms with Crippen molar-refractivity contribution in [3.05, 3.63) is 60.2 Å². The molecule has 0 spiro atoms. The molecular formula is C22H33N2O8Ru-. The summed E-state index contributed by atoms with van der Waals surface area (Å²) in [5.74, 6) is -2.09. The SMILES string of the molecule is CC(O)CC(C)O.CC(O)CC(C)O.O=C(O)c1ccncc1.O=C([O-])c1ccncc1.[Ru]. The zero-order valence-corrected chi connectivity index (χ0v) is 20.8. The standard InChI is InChI=1S/2C6H5NO2.2C5H12O2.Ru/c2*8-6(9)5-1-3-7-4-2-5;2*1-4(6)3-5(2)7;/h2*1-4H,(H,8,9);2*4-7H,3H2,1-2H3;/p-1. The molecule has 0 bridgehead atoms. The topological polar surface area (TPSA) is 184 Å². The summed E-state index contributed by atoms with van der Waals surface area (Å²) >= 11 is 0. The Kier molecular flexibility index (Phi) is 23.0. The normalized spacial score (nSPS) is 12.8. The third-order valence-corrected chi connectivity index (χ3v) is 3.21. The summed E-state index contributed by atoms with van der Waals surface area (Å²) in [6.45, 7) is 6.64. The Morgan fingerprint density at radius 1 is 0.727 bits per heavy atom. The molecule has 4 unspecified atom stereocenters. The number of carbonyl (C=O) groups is 2. The number of carboxylic acid groups (broad SMARTS) is 2. The molecule has 0 amide bonds. The summed E-state index contributed by atoms with van der Waals surface area (Å²) in [5.41, 5.74) is 0.426. The summed E-state index contributed by atoms with van der Waals surface area (Å²) in [6, 6.07) is 5.66. The number of hydrogen-bond donors (Lipinski definition) is 5. The summed E-state index contributed by atoms with van der Waals surface area (Å²) in [7, 11) is 0. The van der Waals surface area contributed by atoms with E-state index in [0.717, 1.165) is 0 Å². The van der Waals surface area contributed by atoms with Gasteiger partial charge in [0.2, 0.25) is 0 Å². The van der Waals surface area contributed by atoms with Crippen LogP contribution in [0, 0.1) is 0 Å². The minimum Gasteiger partial charge on any atom is -0.545 e. The number of pyridine rings is 2. The average molecular weight is 555 g/mol. The van der Waals surface area contributed by atoms with Gasteiger partial charge in [-0.05, 0) is 64.8 Å². The van der Waals surface area contributed by atoms with E-state index in [4.69, 9.17) is 25.5 Å². The molecule has 33 heavy (non-hydrogen) atoms. The molecule has 0 aromatic carbocycles. The predicted molar refractivity (Wildman–Crippen MR) is 116 cm³/mol. The van der Waals surface area contributed by atoms with Gasteiger partial charge in [-0.2, -0.15) is 0 Å². The molecule has 0 saturated carbocycles. The number of hydrogen-bond acceptors (Lipinski definition) is 9. The predicted octanol–water partition coefficient (Wildman–Crippen LogP) is 0.499. The molecule has 11 heteroatoms. The summed E-state index contributed by atoms with van der Waals surface area (Å²) in [4.78, 5) is 27.5. The molecule has 4 atom stereocenters. The van der Waals surface area contributed by atoms with Gasteiger partial charge in [0.15, 0.2) is 0 Å². The maximum atomic E-state index is 10.2. The number of aliphatic hydroxyl groups excluding tert-OH is 4. The molecule has 2 aromatic heterocycles. The number of nitrogens with zero attached hydrogens (tertiary/aromatic N) is 2. The smallest absolute Gasteiger partial charge is 0.335 e. The van der Waals surface area contributed by atoms with Gasteiger partial charge in [-0.15, -0.1) is 0 Å². The second-order valence-corrected chi connectivity index (χ2v) is 6.93. The monoisotopic (exact) mass is 555 g/mol. The van der Waals surface area contributed by atoms with Crippen LogP contribution < -0.4 is 5.11 Å². The van der Waals surface area contributed by atoms with Crippen LogP contribution in [0.1, 0.15) is 61.3 Å². The molecular weight excluding hydrogens is 521 g/mol. The molecule has 188 valence electrons. The van der Waals surface area contributed by atoms with E-state index in [9.17, 15) is 14.7 Å². The van der Waals surface area contributed by atoms with Gasteiger partial charge in [-0.25, -0.2) is 4.79 Å². The Morgan fingerprint density at radius 2 is 1.00 bits per heavy atom. The van der Waals surface area contributed by atoms with Crippen LogP contribution in [0.15, 0.2) is 49.1 Å². The molecule has 0 aliphatic rings. The van der Waals surface area contributed by atoms with E-state index in [-0.39, 0.29) is 55.0 Å². The maximum Gasteiger partial charge on any atom is 0.335 e. The van der Waals surface area contributed by atoms with Crippen LogP contribution in [-0.2, 0) is 19.5 Å². The van der Waals surface area contributed by atoms with E-state index in [0.29, 0.717) is 12.8 Å².